The molecule has 0 spiro atoms. The van der Waals surface area contributed by atoms with Crippen LogP contribution in [0.5, 0.6) is 5.75 Å². The summed E-state index contributed by atoms with van der Waals surface area (Å²) < 4.78 is 49.5. The number of sulfone groups is 1. The lowest BCUT2D eigenvalue weighted by atomic mass is 9.94. The van der Waals surface area contributed by atoms with E-state index >= 15 is 0 Å². The number of carbonyl (C=O) groups excluding carboxylic acids is 2. The maximum Gasteiger partial charge on any atom is 0.407 e. The fraction of sp³-hybridized carbons (Fsp3) is 0.583. The SMILES string of the molecule is CC(C)N(C)C(=O)C(C)(C)CS(=O)(=O)c1ccc(OC/C(=C/F)CNC(=O)OC(C)(C)C)cc1. The zero-order valence-corrected chi connectivity index (χ0v) is 22.1. The summed E-state index contributed by atoms with van der Waals surface area (Å²) in [4.78, 5) is 26.0. The lowest BCUT2D eigenvalue weighted by Crippen LogP contribution is -2.45. The third kappa shape index (κ3) is 9.32. The molecule has 8 nitrogen and oxygen atoms in total. The minimum absolute atomic E-state index is 0.0477. The topological polar surface area (TPSA) is 102 Å². The van der Waals surface area contributed by atoms with Gasteiger partial charge in [0.15, 0.2) is 9.84 Å². The lowest BCUT2D eigenvalue weighted by molar-refractivity contribution is -0.139. The van der Waals surface area contributed by atoms with E-state index in [0.717, 1.165) is 0 Å². The van der Waals surface area contributed by atoms with Crippen LogP contribution < -0.4 is 10.1 Å². The van der Waals surface area contributed by atoms with Crippen LogP contribution in [0.25, 0.3) is 0 Å². The Morgan fingerprint density at radius 3 is 2.15 bits per heavy atom. The van der Waals surface area contributed by atoms with Gasteiger partial charge in [-0.15, -0.1) is 0 Å². The number of hydrogen-bond acceptors (Lipinski definition) is 6. The van der Waals surface area contributed by atoms with Crippen LogP contribution in [0.15, 0.2) is 41.1 Å². The summed E-state index contributed by atoms with van der Waals surface area (Å²) in [7, 11) is -2.09. The summed E-state index contributed by atoms with van der Waals surface area (Å²) >= 11 is 0. The van der Waals surface area contributed by atoms with Gasteiger partial charge in [-0.25, -0.2) is 17.6 Å². The normalized spacial score (nSPS) is 12.9. The molecule has 0 heterocycles. The van der Waals surface area contributed by atoms with Crippen LogP contribution in [0.1, 0.15) is 48.5 Å². The molecule has 1 aromatic rings. The molecule has 192 valence electrons. The average Bonchev–Trinajstić information content (AvgIpc) is 2.71. The molecule has 0 atom stereocenters. The Kier molecular flexibility index (Phi) is 10.1. The second-order valence-corrected chi connectivity index (χ2v) is 12.0. The number of carbonyl (C=O) groups is 2. The van der Waals surface area contributed by atoms with Crippen LogP contribution in [0.3, 0.4) is 0 Å². The van der Waals surface area contributed by atoms with E-state index in [1.54, 1.807) is 41.7 Å². The molecule has 1 N–H and O–H groups in total. The maximum atomic E-state index is 13.2. The molecule has 0 saturated heterocycles. The highest BCUT2D eigenvalue weighted by molar-refractivity contribution is 7.91. The predicted octanol–water partition coefficient (Wildman–Crippen LogP) is 4.11. The molecular weight excluding hydrogens is 463 g/mol. The van der Waals surface area contributed by atoms with E-state index in [2.05, 4.69) is 5.32 Å². The maximum absolute atomic E-state index is 13.2. The van der Waals surface area contributed by atoms with Crippen molar-refractivity contribution in [3.8, 4) is 5.75 Å². The molecule has 10 heteroatoms. The Morgan fingerprint density at radius 2 is 1.68 bits per heavy atom. The van der Waals surface area contributed by atoms with Crippen molar-refractivity contribution >= 4 is 21.8 Å². The smallest absolute Gasteiger partial charge is 0.407 e. The van der Waals surface area contributed by atoms with Gasteiger partial charge in [0.05, 0.1) is 22.4 Å². The summed E-state index contributed by atoms with van der Waals surface area (Å²) in [5, 5.41) is 2.44. The molecule has 0 aromatic heterocycles. The number of ether oxygens (including phenoxy) is 2. The summed E-state index contributed by atoms with van der Waals surface area (Å²) in [5.41, 5.74) is -1.61. The Bertz CT molecular complexity index is 980. The van der Waals surface area contributed by atoms with Crippen molar-refractivity contribution in [2.75, 3.05) is 26.0 Å². The van der Waals surface area contributed by atoms with Gasteiger partial charge >= 0.3 is 6.09 Å². The van der Waals surface area contributed by atoms with Gasteiger partial charge in [-0.3, -0.25) is 4.79 Å². The van der Waals surface area contributed by atoms with Crippen LogP contribution in [0.2, 0.25) is 0 Å². The highest BCUT2D eigenvalue weighted by atomic mass is 32.2. The Hall–Kier alpha value is -2.62. The quantitative estimate of drug-likeness (QED) is 0.519. The number of alkyl carbamates (subject to hydrolysis) is 1. The number of hydrogen-bond donors (Lipinski definition) is 1. The fourth-order valence-corrected chi connectivity index (χ4v) is 4.66. The van der Waals surface area contributed by atoms with Crippen molar-refractivity contribution in [3.63, 3.8) is 0 Å². The molecule has 34 heavy (non-hydrogen) atoms. The Balaban J connectivity index is 2.75. The average molecular weight is 501 g/mol. The van der Waals surface area contributed by atoms with E-state index in [1.807, 2.05) is 13.8 Å². The number of amides is 2. The molecule has 1 rings (SSSR count). The van der Waals surface area contributed by atoms with Crippen molar-refractivity contribution in [3.05, 3.63) is 36.2 Å². The fourth-order valence-electron chi connectivity index (χ4n) is 2.87. The minimum Gasteiger partial charge on any atom is -0.489 e. The first-order valence-electron chi connectivity index (χ1n) is 11.0. The first-order chi connectivity index (χ1) is 15.5. The largest absolute Gasteiger partial charge is 0.489 e. The predicted molar refractivity (Wildman–Crippen MR) is 129 cm³/mol. The molecule has 0 radical (unpaired) electrons. The van der Waals surface area contributed by atoms with E-state index in [1.165, 1.54) is 29.2 Å². The zero-order chi connectivity index (χ0) is 26.3. The van der Waals surface area contributed by atoms with Crippen molar-refractivity contribution in [2.24, 2.45) is 5.41 Å². The van der Waals surface area contributed by atoms with Crippen LogP contribution in [0.4, 0.5) is 9.18 Å². The molecule has 0 saturated carbocycles. The van der Waals surface area contributed by atoms with Gasteiger partial charge in [-0.05, 0) is 58.9 Å². The second kappa shape index (κ2) is 11.7. The molecule has 0 aliphatic heterocycles. The third-order valence-corrected chi connectivity index (χ3v) is 6.94. The second-order valence-electron chi connectivity index (χ2n) is 10.0. The molecule has 0 aliphatic rings. The van der Waals surface area contributed by atoms with Gasteiger partial charge in [0, 0.05) is 25.2 Å². The van der Waals surface area contributed by atoms with E-state index < -0.39 is 26.9 Å². The van der Waals surface area contributed by atoms with Crippen molar-refractivity contribution < 1.29 is 31.9 Å². The van der Waals surface area contributed by atoms with Gasteiger partial charge < -0.3 is 19.7 Å². The first-order valence-corrected chi connectivity index (χ1v) is 12.6. The van der Waals surface area contributed by atoms with Crippen LogP contribution in [0, 0.1) is 5.41 Å². The van der Waals surface area contributed by atoms with Crippen LogP contribution in [-0.2, 0) is 19.4 Å². The highest BCUT2D eigenvalue weighted by Gasteiger charge is 2.36. The Morgan fingerprint density at radius 1 is 1.12 bits per heavy atom. The Labute approximate surface area is 202 Å². The van der Waals surface area contributed by atoms with Crippen LogP contribution in [-0.4, -0.2) is 62.9 Å². The molecule has 0 fully saturated rings. The van der Waals surface area contributed by atoms with Crippen molar-refractivity contribution in [1.29, 1.82) is 0 Å². The molecule has 0 bridgehead atoms. The molecule has 0 aliphatic carbocycles. The van der Waals surface area contributed by atoms with Crippen LogP contribution >= 0.6 is 0 Å². The van der Waals surface area contributed by atoms with Crippen molar-refractivity contribution in [2.45, 2.75) is 65.0 Å². The summed E-state index contributed by atoms with van der Waals surface area (Å²) in [6.45, 7) is 11.8. The van der Waals surface area contributed by atoms with Gasteiger partial charge in [0.25, 0.3) is 0 Å². The van der Waals surface area contributed by atoms with Gasteiger partial charge in [0.1, 0.15) is 18.0 Å². The summed E-state index contributed by atoms with van der Waals surface area (Å²) in [6.07, 6.45) is -0.342. The van der Waals surface area contributed by atoms with E-state index in [9.17, 15) is 22.4 Å². The number of nitrogens with zero attached hydrogens (tertiary/aromatic N) is 1. The number of nitrogens with one attached hydrogen (secondary N) is 1. The zero-order valence-electron chi connectivity index (χ0n) is 21.3. The van der Waals surface area contributed by atoms with Gasteiger partial charge in [-0.2, -0.15) is 0 Å². The lowest BCUT2D eigenvalue weighted by Gasteiger charge is -2.31. The van der Waals surface area contributed by atoms with E-state index in [-0.39, 0.29) is 41.3 Å². The van der Waals surface area contributed by atoms with Gasteiger partial charge in [-0.1, -0.05) is 13.8 Å². The monoisotopic (exact) mass is 500 g/mol. The third-order valence-electron chi connectivity index (χ3n) is 4.84. The minimum atomic E-state index is -3.74. The number of rotatable bonds is 10. The summed E-state index contributed by atoms with van der Waals surface area (Å²) in [6, 6.07) is 5.64. The van der Waals surface area contributed by atoms with E-state index in [0.29, 0.717) is 12.1 Å². The number of benzene rings is 1. The standard InChI is InChI=1S/C24H37FN2O6S/c1-17(2)27(8)21(28)24(6,7)16-34(30,31)20-11-9-19(10-12-20)32-15-18(13-25)14-26-22(29)33-23(3,4)5/h9-13,17H,14-16H2,1-8H3,(H,26,29)/b18-13+. The molecule has 1 aromatic carbocycles. The summed E-state index contributed by atoms with van der Waals surface area (Å²) in [5.74, 6) is -0.275. The van der Waals surface area contributed by atoms with Gasteiger partial charge in [0.2, 0.25) is 5.91 Å². The number of halogens is 1. The van der Waals surface area contributed by atoms with E-state index in [4.69, 9.17) is 9.47 Å². The highest BCUT2D eigenvalue weighted by Crippen LogP contribution is 2.27. The molecule has 2 amide bonds. The first kappa shape index (κ1) is 29.4. The van der Waals surface area contributed by atoms with Crippen molar-refractivity contribution in [1.82, 2.24) is 10.2 Å². The molecule has 0 unspecified atom stereocenters. The molecular formula is C24H37FN2O6S.